The first kappa shape index (κ1) is 16.1. The molecule has 0 aromatic carbocycles. The van der Waals surface area contributed by atoms with Crippen molar-refractivity contribution in [1.82, 2.24) is 20.2 Å². The van der Waals surface area contributed by atoms with Crippen LogP contribution >= 0.6 is 11.8 Å². The van der Waals surface area contributed by atoms with Crippen molar-refractivity contribution in [3.05, 3.63) is 6.33 Å². The van der Waals surface area contributed by atoms with Gasteiger partial charge in [0.15, 0.2) is 5.12 Å². The molecule has 1 rings (SSSR count). The highest BCUT2D eigenvalue weighted by atomic mass is 32.2. The van der Waals surface area contributed by atoms with Gasteiger partial charge < -0.3 is 4.48 Å². The van der Waals surface area contributed by atoms with E-state index >= 15 is 0 Å². The zero-order chi connectivity index (χ0) is 14.1. The number of tetrazole rings is 1. The van der Waals surface area contributed by atoms with Gasteiger partial charge in [-0.15, -0.1) is 5.10 Å². The van der Waals surface area contributed by atoms with Crippen LogP contribution in [-0.4, -0.2) is 61.7 Å². The van der Waals surface area contributed by atoms with Crippen molar-refractivity contribution in [3.8, 4) is 0 Å². The Morgan fingerprint density at radius 3 is 2.47 bits per heavy atom. The molecule has 6 nitrogen and oxygen atoms in total. The number of quaternary nitrogens is 1. The van der Waals surface area contributed by atoms with Crippen LogP contribution in [-0.2, 0) is 11.3 Å². The molecule has 19 heavy (non-hydrogen) atoms. The van der Waals surface area contributed by atoms with E-state index < -0.39 is 0 Å². The molecule has 0 unspecified atom stereocenters. The van der Waals surface area contributed by atoms with Crippen LogP contribution in [0.3, 0.4) is 0 Å². The first-order valence-corrected chi connectivity index (χ1v) is 7.85. The number of aryl methyl sites for hydroxylation is 1. The van der Waals surface area contributed by atoms with E-state index in [0.29, 0.717) is 13.0 Å². The Morgan fingerprint density at radius 2 is 1.95 bits per heavy atom. The largest absolute Gasteiger partial charge is 0.324 e. The third-order valence-corrected chi connectivity index (χ3v) is 4.69. The van der Waals surface area contributed by atoms with Crippen LogP contribution in [0.1, 0.15) is 27.2 Å². The number of nitrogens with zero attached hydrogens (tertiary/aromatic N) is 5. The molecule has 0 spiro atoms. The average Bonchev–Trinajstić information content (AvgIpc) is 2.94. The fourth-order valence-corrected chi connectivity index (χ4v) is 2.82. The molecule has 1 aromatic rings. The molecule has 0 aliphatic carbocycles. The van der Waals surface area contributed by atoms with Gasteiger partial charge in [0, 0.05) is 5.75 Å². The molecule has 0 atom stereocenters. The Morgan fingerprint density at radius 1 is 1.26 bits per heavy atom. The highest BCUT2D eigenvalue weighted by Gasteiger charge is 2.21. The summed E-state index contributed by atoms with van der Waals surface area (Å²) in [5.41, 5.74) is 0. The van der Waals surface area contributed by atoms with E-state index in [9.17, 15) is 4.79 Å². The highest BCUT2D eigenvalue weighted by Crippen LogP contribution is 2.12. The molecule has 0 saturated carbocycles. The van der Waals surface area contributed by atoms with Gasteiger partial charge in [0.05, 0.1) is 39.1 Å². The summed E-state index contributed by atoms with van der Waals surface area (Å²) in [7, 11) is 0. The van der Waals surface area contributed by atoms with Crippen molar-refractivity contribution in [1.29, 1.82) is 0 Å². The van der Waals surface area contributed by atoms with Crippen molar-refractivity contribution in [3.63, 3.8) is 0 Å². The van der Waals surface area contributed by atoms with E-state index in [2.05, 4.69) is 36.3 Å². The van der Waals surface area contributed by atoms with Crippen molar-refractivity contribution in [2.45, 2.75) is 33.7 Å². The molecule has 0 saturated heterocycles. The summed E-state index contributed by atoms with van der Waals surface area (Å²) < 4.78 is 2.67. The second-order valence-electron chi connectivity index (χ2n) is 4.56. The minimum absolute atomic E-state index is 0.269. The van der Waals surface area contributed by atoms with Crippen molar-refractivity contribution in [2.24, 2.45) is 0 Å². The molecular weight excluding hydrogens is 262 g/mol. The Hall–Kier alpha value is -0.950. The number of rotatable bonds is 9. The minimum atomic E-state index is 0.269. The summed E-state index contributed by atoms with van der Waals surface area (Å²) >= 11 is 1.38. The lowest BCUT2D eigenvalue weighted by atomic mass is 10.3. The summed E-state index contributed by atoms with van der Waals surface area (Å²) in [5.74, 6) is 0.730. The van der Waals surface area contributed by atoms with Crippen LogP contribution in [0, 0.1) is 0 Å². The first-order valence-electron chi connectivity index (χ1n) is 6.87. The predicted octanol–water partition coefficient (Wildman–Crippen LogP) is 1.20. The lowest BCUT2D eigenvalue weighted by Gasteiger charge is -2.35. The van der Waals surface area contributed by atoms with E-state index in [0.717, 1.165) is 36.4 Å². The molecule has 1 aromatic heterocycles. The highest BCUT2D eigenvalue weighted by molar-refractivity contribution is 8.13. The summed E-state index contributed by atoms with van der Waals surface area (Å²) in [6.45, 7) is 11.5. The lowest BCUT2D eigenvalue weighted by Crippen LogP contribution is -2.48. The monoisotopic (exact) mass is 286 g/mol. The molecule has 0 aliphatic rings. The standard InChI is InChI=1S/C12H24N5OS/c1-4-17(5-2,6-3)9-7-12(18)19-10-8-16-11-13-14-15-16/h11H,4-10H2,1-3H3/q+1. The van der Waals surface area contributed by atoms with Crippen LogP contribution in [0.4, 0.5) is 0 Å². The number of aromatic nitrogens is 4. The van der Waals surface area contributed by atoms with E-state index in [1.165, 1.54) is 11.8 Å². The summed E-state index contributed by atoms with van der Waals surface area (Å²) in [5, 5.41) is 11.2. The number of hydrogen-bond donors (Lipinski definition) is 0. The first-order chi connectivity index (χ1) is 9.15. The fourth-order valence-electron chi connectivity index (χ4n) is 2.08. The zero-order valence-electron chi connectivity index (χ0n) is 12.1. The molecule has 0 radical (unpaired) electrons. The zero-order valence-corrected chi connectivity index (χ0v) is 12.9. The second kappa shape index (κ2) is 8.27. The lowest BCUT2D eigenvalue weighted by molar-refractivity contribution is -0.922. The summed E-state index contributed by atoms with van der Waals surface area (Å²) in [6, 6.07) is 0. The van der Waals surface area contributed by atoms with Crippen LogP contribution in [0.2, 0.25) is 0 Å². The quantitative estimate of drug-likeness (QED) is 0.638. The maximum absolute atomic E-state index is 11.9. The number of thioether (sulfide) groups is 1. The molecule has 0 bridgehead atoms. The maximum Gasteiger partial charge on any atom is 0.194 e. The third kappa shape index (κ3) is 5.28. The molecule has 1 heterocycles. The third-order valence-electron chi connectivity index (χ3n) is 3.78. The predicted molar refractivity (Wildman–Crippen MR) is 76.6 cm³/mol. The molecule has 0 fully saturated rings. The topological polar surface area (TPSA) is 60.7 Å². The van der Waals surface area contributed by atoms with Crippen LogP contribution in [0.15, 0.2) is 6.33 Å². The van der Waals surface area contributed by atoms with E-state index in [1.54, 1.807) is 11.0 Å². The van der Waals surface area contributed by atoms with Gasteiger partial charge in [-0.2, -0.15) is 0 Å². The normalized spacial score (nSPS) is 11.7. The summed E-state index contributed by atoms with van der Waals surface area (Å²) in [6.07, 6.45) is 2.22. The Kier molecular flexibility index (Phi) is 7.01. The van der Waals surface area contributed by atoms with E-state index in [-0.39, 0.29) is 5.12 Å². The second-order valence-corrected chi connectivity index (χ2v) is 5.71. The minimum Gasteiger partial charge on any atom is -0.324 e. The SMILES string of the molecule is CC[N+](CC)(CC)CCC(=O)SCCn1cnnn1. The molecule has 108 valence electrons. The van der Waals surface area contributed by atoms with Gasteiger partial charge in [-0.05, 0) is 31.2 Å². The van der Waals surface area contributed by atoms with E-state index in [1.807, 2.05) is 0 Å². The average molecular weight is 286 g/mol. The van der Waals surface area contributed by atoms with Crippen LogP contribution in [0.5, 0.6) is 0 Å². The number of carbonyl (C=O) groups is 1. The van der Waals surface area contributed by atoms with Gasteiger partial charge in [0.1, 0.15) is 6.33 Å². The van der Waals surface area contributed by atoms with Gasteiger partial charge in [-0.25, -0.2) is 4.68 Å². The van der Waals surface area contributed by atoms with Gasteiger partial charge >= 0.3 is 0 Å². The van der Waals surface area contributed by atoms with Crippen molar-refractivity contribution in [2.75, 3.05) is 31.9 Å². The van der Waals surface area contributed by atoms with Gasteiger partial charge in [-0.3, -0.25) is 4.79 Å². The number of carbonyl (C=O) groups excluding carboxylic acids is 1. The maximum atomic E-state index is 11.9. The molecular formula is C12H24N5OS+. The fraction of sp³-hybridized carbons (Fsp3) is 0.833. The molecule has 0 N–H and O–H groups in total. The van der Waals surface area contributed by atoms with Gasteiger partial charge in [0.25, 0.3) is 0 Å². The Labute approximate surface area is 119 Å². The Balaban J connectivity index is 2.23. The van der Waals surface area contributed by atoms with Gasteiger partial charge in [0.2, 0.25) is 0 Å². The summed E-state index contributed by atoms with van der Waals surface area (Å²) in [4.78, 5) is 11.9. The molecule has 0 amide bonds. The number of hydrogen-bond acceptors (Lipinski definition) is 5. The van der Waals surface area contributed by atoms with Crippen LogP contribution < -0.4 is 0 Å². The molecule has 7 heteroatoms. The van der Waals surface area contributed by atoms with Crippen LogP contribution in [0.25, 0.3) is 0 Å². The van der Waals surface area contributed by atoms with Crippen molar-refractivity contribution < 1.29 is 9.28 Å². The van der Waals surface area contributed by atoms with Crippen molar-refractivity contribution >= 4 is 16.9 Å². The smallest absolute Gasteiger partial charge is 0.194 e. The molecule has 0 aliphatic heterocycles. The van der Waals surface area contributed by atoms with E-state index in [4.69, 9.17) is 0 Å². The Bertz CT molecular complexity index is 356. The van der Waals surface area contributed by atoms with Gasteiger partial charge in [-0.1, -0.05) is 11.8 Å².